The molecular weight excluding hydrogens is 392 g/mol. The van der Waals surface area contributed by atoms with Crippen molar-refractivity contribution in [1.82, 2.24) is 14.5 Å². The summed E-state index contributed by atoms with van der Waals surface area (Å²) >= 11 is 1.57. The molecule has 2 aliphatic rings. The quantitative estimate of drug-likeness (QED) is 0.466. The van der Waals surface area contributed by atoms with Gasteiger partial charge in [-0.2, -0.15) is 5.26 Å². The number of thioether (sulfide) groups is 1. The van der Waals surface area contributed by atoms with E-state index in [0.29, 0.717) is 29.9 Å². The molecule has 1 aromatic heterocycles. The maximum atomic E-state index is 12.6. The number of carbonyl (C=O) groups is 2. The number of fused-ring (bicyclic) bond motifs is 2. The monoisotopic (exact) mass is 412 g/mol. The number of nitriles is 1. The summed E-state index contributed by atoms with van der Waals surface area (Å²) in [5, 5.41) is 20.0. The van der Waals surface area contributed by atoms with Crippen LogP contribution in [0.3, 0.4) is 0 Å². The van der Waals surface area contributed by atoms with Gasteiger partial charge in [-0.3, -0.25) is 4.79 Å². The fourth-order valence-electron chi connectivity index (χ4n) is 3.92. The van der Waals surface area contributed by atoms with Crippen LogP contribution in [0.5, 0.6) is 0 Å². The molecule has 9 heteroatoms. The number of aliphatic hydroxyl groups is 1. The largest absolute Gasteiger partial charge is 0.507 e. The van der Waals surface area contributed by atoms with Crippen LogP contribution < -0.4 is 0 Å². The van der Waals surface area contributed by atoms with Crippen LogP contribution in [0.25, 0.3) is 16.6 Å². The number of aromatic nitrogens is 2. The molecule has 2 saturated heterocycles. The Morgan fingerprint density at radius 1 is 1.48 bits per heavy atom. The number of aliphatic hydroxyl groups excluding tert-OH is 1. The van der Waals surface area contributed by atoms with Crippen molar-refractivity contribution in [2.45, 2.75) is 30.7 Å². The van der Waals surface area contributed by atoms with Crippen LogP contribution >= 0.6 is 11.8 Å². The average Bonchev–Trinajstić information content (AvgIpc) is 3.32. The molecule has 1 N–H and O–H groups in total. The molecule has 0 bridgehead atoms. The molecule has 0 radical (unpaired) electrons. The van der Waals surface area contributed by atoms with Gasteiger partial charge in [0.25, 0.3) is 0 Å². The molecule has 2 fully saturated rings. The van der Waals surface area contributed by atoms with E-state index in [1.807, 2.05) is 37.3 Å². The fraction of sp³-hybridized carbons (Fsp3) is 0.400. The van der Waals surface area contributed by atoms with Gasteiger partial charge >= 0.3 is 5.97 Å². The average molecular weight is 412 g/mol. The second-order valence-electron chi connectivity index (χ2n) is 7.29. The summed E-state index contributed by atoms with van der Waals surface area (Å²) in [5.74, 6) is -0.259. The third-order valence-corrected chi connectivity index (χ3v) is 6.98. The van der Waals surface area contributed by atoms with Crippen molar-refractivity contribution >= 4 is 40.2 Å². The number of imidazole rings is 1. The van der Waals surface area contributed by atoms with Crippen LogP contribution in [0.4, 0.5) is 0 Å². The molecule has 1 amide bonds. The number of benzene rings is 1. The molecule has 29 heavy (non-hydrogen) atoms. The van der Waals surface area contributed by atoms with E-state index >= 15 is 0 Å². The van der Waals surface area contributed by atoms with E-state index in [1.54, 1.807) is 28.3 Å². The summed E-state index contributed by atoms with van der Waals surface area (Å²) < 4.78 is 6.97. The van der Waals surface area contributed by atoms with Crippen molar-refractivity contribution in [3.63, 3.8) is 0 Å². The molecular formula is C20H20N4O4S. The number of rotatable bonds is 4. The Kier molecular flexibility index (Phi) is 4.74. The van der Waals surface area contributed by atoms with Gasteiger partial charge in [-0.25, -0.2) is 9.78 Å². The molecule has 2 atom stereocenters. The van der Waals surface area contributed by atoms with Gasteiger partial charge in [-0.05, 0) is 25.5 Å². The van der Waals surface area contributed by atoms with Gasteiger partial charge < -0.3 is 19.3 Å². The first-order valence-electron chi connectivity index (χ1n) is 9.22. The van der Waals surface area contributed by atoms with Crippen molar-refractivity contribution in [3.8, 4) is 6.07 Å². The van der Waals surface area contributed by atoms with Crippen LogP contribution in [0.1, 0.15) is 25.6 Å². The molecule has 0 spiro atoms. The predicted molar refractivity (Wildman–Crippen MR) is 108 cm³/mol. The molecule has 3 heterocycles. The van der Waals surface area contributed by atoms with E-state index in [-0.39, 0.29) is 22.1 Å². The highest BCUT2D eigenvalue weighted by Gasteiger charge is 2.53. The number of allylic oxidation sites excluding steroid dienone is 1. The highest BCUT2D eigenvalue weighted by molar-refractivity contribution is 8.01. The number of hydrogen-bond donors (Lipinski definition) is 1. The van der Waals surface area contributed by atoms with Gasteiger partial charge in [-0.1, -0.05) is 12.1 Å². The third-order valence-electron chi connectivity index (χ3n) is 5.48. The summed E-state index contributed by atoms with van der Waals surface area (Å²) in [5.41, 5.74) is 1.45. The molecule has 0 unspecified atom stereocenters. The van der Waals surface area contributed by atoms with Crippen molar-refractivity contribution in [3.05, 3.63) is 35.8 Å². The van der Waals surface area contributed by atoms with E-state index in [9.17, 15) is 20.0 Å². The van der Waals surface area contributed by atoms with E-state index in [0.717, 1.165) is 5.52 Å². The molecule has 2 aromatic rings. The summed E-state index contributed by atoms with van der Waals surface area (Å²) in [6, 6.07) is 8.65. The Balaban J connectivity index is 1.53. The summed E-state index contributed by atoms with van der Waals surface area (Å²) in [6.07, 6.45) is 1.13. The van der Waals surface area contributed by atoms with Crippen molar-refractivity contribution < 1.29 is 19.4 Å². The highest BCUT2D eigenvalue weighted by atomic mass is 32.2. The minimum absolute atomic E-state index is 0.0561. The number of aryl methyl sites for hydroxylation is 1. The zero-order chi connectivity index (χ0) is 20.8. The molecule has 8 nitrogen and oxygen atoms in total. The number of ether oxygens (including phenoxy) is 1. The third kappa shape index (κ3) is 3.13. The normalized spacial score (nSPS) is 24.4. The Hall–Kier alpha value is -2.99. The number of nitrogens with zero attached hydrogens (tertiary/aromatic N) is 4. The van der Waals surface area contributed by atoms with Gasteiger partial charge in [0.2, 0.25) is 5.91 Å². The second kappa shape index (κ2) is 7.12. The molecule has 1 aromatic carbocycles. The maximum absolute atomic E-state index is 12.6. The van der Waals surface area contributed by atoms with E-state index in [1.165, 1.54) is 0 Å². The lowest BCUT2D eigenvalue weighted by molar-refractivity contribution is -0.153. The number of hydrogen-bond acceptors (Lipinski definition) is 7. The van der Waals surface area contributed by atoms with Crippen molar-refractivity contribution in [1.29, 1.82) is 5.26 Å². The van der Waals surface area contributed by atoms with Gasteiger partial charge in [0.05, 0.1) is 15.9 Å². The van der Waals surface area contributed by atoms with Crippen LogP contribution in [0.2, 0.25) is 0 Å². The number of para-hydroxylation sites is 2. The second-order valence-corrected chi connectivity index (χ2v) is 8.79. The van der Waals surface area contributed by atoms with E-state index in [2.05, 4.69) is 4.98 Å². The van der Waals surface area contributed by atoms with Crippen LogP contribution in [-0.4, -0.2) is 54.7 Å². The molecule has 0 saturated carbocycles. The molecule has 0 aliphatic carbocycles. The zero-order valence-electron chi connectivity index (χ0n) is 16.1. The Bertz CT molecular complexity index is 1090. The lowest BCUT2D eigenvalue weighted by atomic mass is 10.2. The minimum atomic E-state index is -0.672. The lowest BCUT2D eigenvalue weighted by Gasteiger charge is -2.29. The standard InChI is InChI=1S/C20H20N4O4S/c1-20-8-7-17(26)24(20)15(11-29-20)19(27)28-10-16(25)12(9-21)18-22-13-5-3-4-6-14(13)23(18)2/h3-6,15,25H,7-8,10-11H2,1-2H3/b16-12-/t15-,20+/m0/s1. The molecule has 2 aliphatic heterocycles. The number of esters is 1. The topological polar surface area (TPSA) is 108 Å². The summed E-state index contributed by atoms with van der Waals surface area (Å²) in [6.45, 7) is 1.50. The minimum Gasteiger partial charge on any atom is -0.507 e. The van der Waals surface area contributed by atoms with E-state index < -0.39 is 18.6 Å². The predicted octanol–water partition coefficient (Wildman–Crippen LogP) is 2.36. The molecule has 150 valence electrons. The molecule has 4 rings (SSSR count). The Morgan fingerprint density at radius 2 is 2.24 bits per heavy atom. The van der Waals surface area contributed by atoms with Gasteiger partial charge in [0.15, 0.2) is 11.6 Å². The van der Waals surface area contributed by atoms with Crippen molar-refractivity contribution in [2.24, 2.45) is 7.05 Å². The Morgan fingerprint density at radius 3 is 2.97 bits per heavy atom. The fourth-order valence-corrected chi connectivity index (χ4v) is 5.33. The van der Waals surface area contributed by atoms with Crippen LogP contribution in [0, 0.1) is 11.3 Å². The lowest BCUT2D eigenvalue weighted by Crippen LogP contribution is -2.46. The maximum Gasteiger partial charge on any atom is 0.330 e. The Labute approximate surface area is 171 Å². The number of carbonyl (C=O) groups excluding carboxylic acids is 2. The van der Waals surface area contributed by atoms with E-state index in [4.69, 9.17) is 4.74 Å². The zero-order valence-corrected chi connectivity index (χ0v) is 16.9. The number of amides is 1. The van der Waals surface area contributed by atoms with Crippen LogP contribution in [0.15, 0.2) is 30.0 Å². The first-order valence-corrected chi connectivity index (χ1v) is 10.2. The summed E-state index contributed by atoms with van der Waals surface area (Å²) in [4.78, 5) is 30.4. The van der Waals surface area contributed by atoms with Gasteiger partial charge in [0, 0.05) is 19.2 Å². The smallest absolute Gasteiger partial charge is 0.330 e. The summed E-state index contributed by atoms with van der Waals surface area (Å²) in [7, 11) is 1.75. The van der Waals surface area contributed by atoms with Gasteiger partial charge in [-0.15, -0.1) is 11.8 Å². The SMILES string of the molecule is Cn1c(/C(C#N)=C(\O)COC(=O)[C@@H]2CS[C@]3(C)CCC(=O)N23)nc2ccccc21. The van der Waals surface area contributed by atoms with Gasteiger partial charge in [0.1, 0.15) is 24.3 Å². The van der Waals surface area contributed by atoms with Crippen LogP contribution in [-0.2, 0) is 21.4 Å². The van der Waals surface area contributed by atoms with Crippen molar-refractivity contribution in [2.75, 3.05) is 12.4 Å². The first-order chi connectivity index (χ1) is 13.9. The first kappa shape index (κ1) is 19.3. The highest BCUT2D eigenvalue weighted by Crippen LogP contribution is 2.47.